The van der Waals surface area contributed by atoms with Gasteiger partial charge in [0.1, 0.15) is 5.82 Å². The third-order valence-electron chi connectivity index (χ3n) is 5.17. The summed E-state index contributed by atoms with van der Waals surface area (Å²) < 4.78 is 33.2. The number of H-pyrrole nitrogens is 1. The molecule has 0 bridgehead atoms. The number of anilines is 1. The molecule has 6 nitrogen and oxygen atoms in total. The zero-order valence-corrected chi connectivity index (χ0v) is 13.2. The Morgan fingerprint density at radius 1 is 1.28 bits per heavy atom. The van der Waals surface area contributed by atoms with E-state index in [0.717, 1.165) is 30.7 Å². The van der Waals surface area contributed by atoms with E-state index < -0.39 is 17.7 Å². The fourth-order valence-electron chi connectivity index (χ4n) is 3.67. The van der Waals surface area contributed by atoms with Gasteiger partial charge in [-0.15, -0.1) is 0 Å². The largest absolute Gasteiger partial charge is 0.490 e. The molecule has 130 valence electrons. The number of ether oxygens (including phenoxy) is 1. The van der Waals surface area contributed by atoms with Crippen LogP contribution < -0.4 is 15.4 Å². The minimum absolute atomic E-state index is 0.0349. The number of fused-ring (bicyclic) bond motifs is 3. The minimum atomic E-state index is -0.575. The van der Waals surface area contributed by atoms with Crippen molar-refractivity contribution in [2.24, 2.45) is 5.92 Å². The standard InChI is InChI=1S/C17H16F2N4O2/c18-9-3-4-10(19)16-14(9)13-8(6-25-16)15(13)21-17(24)20-12-5-11(22-23-12)7-1-2-7/h3-5,7-8,13,15H,1-2,6H2,(H3,20,21,22,23,24)/t8-,13-,15-/m1/s1. The molecule has 3 atom stereocenters. The van der Waals surface area contributed by atoms with Crippen LogP contribution in [0.5, 0.6) is 5.75 Å². The summed E-state index contributed by atoms with van der Waals surface area (Å²) in [7, 11) is 0. The number of rotatable bonds is 3. The van der Waals surface area contributed by atoms with Crippen LogP contribution in [0.2, 0.25) is 0 Å². The molecule has 1 aromatic heterocycles. The predicted molar refractivity (Wildman–Crippen MR) is 84.6 cm³/mol. The van der Waals surface area contributed by atoms with Gasteiger partial charge in [-0.3, -0.25) is 10.4 Å². The van der Waals surface area contributed by atoms with Crippen molar-refractivity contribution < 1.29 is 18.3 Å². The first-order chi connectivity index (χ1) is 12.1. The third kappa shape index (κ3) is 2.43. The number of aromatic amines is 1. The lowest BCUT2D eigenvalue weighted by atomic mass is 10.0. The van der Waals surface area contributed by atoms with Crippen LogP contribution in [-0.4, -0.2) is 28.9 Å². The van der Waals surface area contributed by atoms with Crippen molar-refractivity contribution in [3.05, 3.63) is 41.1 Å². The Labute approximate surface area is 141 Å². The molecule has 5 rings (SSSR count). The second-order valence-electron chi connectivity index (χ2n) is 6.88. The van der Waals surface area contributed by atoms with E-state index in [1.165, 1.54) is 0 Å². The van der Waals surface area contributed by atoms with E-state index >= 15 is 0 Å². The number of hydrogen-bond donors (Lipinski definition) is 3. The molecule has 25 heavy (non-hydrogen) atoms. The number of hydrogen-bond acceptors (Lipinski definition) is 3. The Bertz CT molecular complexity index is 864. The van der Waals surface area contributed by atoms with Gasteiger partial charge < -0.3 is 10.1 Å². The summed E-state index contributed by atoms with van der Waals surface area (Å²) in [6.07, 6.45) is 2.28. The van der Waals surface area contributed by atoms with E-state index in [0.29, 0.717) is 11.7 Å². The summed E-state index contributed by atoms with van der Waals surface area (Å²) in [5.74, 6) is -0.443. The van der Waals surface area contributed by atoms with Crippen molar-refractivity contribution in [3.8, 4) is 5.75 Å². The summed E-state index contributed by atoms with van der Waals surface area (Å²) in [6, 6.07) is 3.29. The van der Waals surface area contributed by atoms with E-state index in [1.54, 1.807) is 0 Å². The molecular formula is C17H16F2N4O2. The molecule has 2 aromatic rings. The molecule has 0 radical (unpaired) electrons. The van der Waals surface area contributed by atoms with Gasteiger partial charge >= 0.3 is 6.03 Å². The van der Waals surface area contributed by atoms with Crippen LogP contribution in [0.25, 0.3) is 0 Å². The lowest BCUT2D eigenvalue weighted by Gasteiger charge is -2.16. The van der Waals surface area contributed by atoms with Crippen LogP contribution in [0.15, 0.2) is 18.2 Å². The molecule has 0 saturated heterocycles. The van der Waals surface area contributed by atoms with Crippen molar-refractivity contribution in [2.75, 3.05) is 11.9 Å². The van der Waals surface area contributed by atoms with Crippen molar-refractivity contribution in [3.63, 3.8) is 0 Å². The number of carbonyl (C=O) groups is 1. The van der Waals surface area contributed by atoms with Crippen LogP contribution in [0, 0.1) is 17.6 Å². The monoisotopic (exact) mass is 346 g/mol. The first kappa shape index (κ1) is 14.7. The Morgan fingerprint density at radius 3 is 2.88 bits per heavy atom. The Morgan fingerprint density at radius 2 is 2.08 bits per heavy atom. The van der Waals surface area contributed by atoms with Gasteiger partial charge in [-0.1, -0.05) is 0 Å². The lowest BCUT2D eigenvalue weighted by molar-refractivity contribution is 0.247. The highest BCUT2D eigenvalue weighted by Crippen LogP contribution is 2.55. The molecule has 2 saturated carbocycles. The highest BCUT2D eigenvalue weighted by molar-refractivity contribution is 5.89. The van der Waals surface area contributed by atoms with Gasteiger partial charge in [0, 0.05) is 41.1 Å². The van der Waals surface area contributed by atoms with Gasteiger partial charge in [0.2, 0.25) is 0 Å². The highest BCUT2D eigenvalue weighted by atomic mass is 19.1. The zero-order chi connectivity index (χ0) is 17.1. The molecule has 3 N–H and O–H groups in total. The number of amides is 2. The van der Waals surface area contributed by atoms with Gasteiger partial charge in [-0.25, -0.2) is 13.6 Å². The number of halogens is 2. The highest BCUT2D eigenvalue weighted by Gasteiger charge is 2.57. The average Bonchev–Trinajstić information content (AvgIpc) is 3.51. The topological polar surface area (TPSA) is 79.0 Å². The van der Waals surface area contributed by atoms with Crippen molar-refractivity contribution in [1.29, 1.82) is 0 Å². The zero-order valence-electron chi connectivity index (χ0n) is 13.2. The first-order valence-corrected chi connectivity index (χ1v) is 8.35. The summed E-state index contributed by atoms with van der Waals surface area (Å²) in [4.78, 5) is 12.2. The molecule has 8 heteroatoms. The molecule has 1 aliphatic heterocycles. The molecule has 2 amide bonds. The summed E-state index contributed by atoms with van der Waals surface area (Å²) >= 11 is 0. The smallest absolute Gasteiger partial charge is 0.320 e. The average molecular weight is 346 g/mol. The number of urea groups is 1. The van der Waals surface area contributed by atoms with Gasteiger partial charge in [-0.2, -0.15) is 5.10 Å². The molecular weight excluding hydrogens is 330 g/mol. The number of nitrogens with zero attached hydrogens (tertiary/aromatic N) is 1. The summed E-state index contributed by atoms with van der Waals surface area (Å²) in [5, 5.41) is 12.5. The molecule has 3 aliphatic rings. The number of nitrogens with one attached hydrogen (secondary N) is 3. The lowest BCUT2D eigenvalue weighted by Crippen LogP contribution is -2.32. The van der Waals surface area contributed by atoms with Crippen LogP contribution in [-0.2, 0) is 0 Å². The van der Waals surface area contributed by atoms with Gasteiger partial charge in [0.25, 0.3) is 0 Å². The van der Waals surface area contributed by atoms with Gasteiger partial charge in [-0.05, 0) is 25.0 Å². The molecule has 2 heterocycles. The van der Waals surface area contributed by atoms with Gasteiger partial charge in [0.15, 0.2) is 17.4 Å². The van der Waals surface area contributed by atoms with Crippen LogP contribution >= 0.6 is 0 Å². The minimum Gasteiger partial charge on any atom is -0.490 e. The normalized spacial score (nSPS) is 26.2. The summed E-state index contributed by atoms with van der Waals surface area (Å²) in [6.45, 7) is 0.261. The molecule has 2 fully saturated rings. The summed E-state index contributed by atoms with van der Waals surface area (Å²) in [5.41, 5.74) is 1.24. The van der Waals surface area contributed by atoms with E-state index in [-0.39, 0.29) is 35.8 Å². The molecule has 2 aliphatic carbocycles. The molecule has 1 aromatic carbocycles. The maximum absolute atomic E-state index is 14.1. The Hall–Kier alpha value is -2.64. The first-order valence-electron chi connectivity index (χ1n) is 8.35. The molecule has 0 unspecified atom stereocenters. The SMILES string of the molecule is O=C(Nc1cc(C2CC2)[nH]n1)N[C@@H]1[C@@H]2COc3c(F)ccc(F)c3[C@@H]21. The number of benzene rings is 1. The van der Waals surface area contributed by atoms with E-state index in [4.69, 9.17) is 4.74 Å². The fraction of sp³-hybridized carbons (Fsp3) is 0.412. The maximum Gasteiger partial charge on any atom is 0.320 e. The number of aromatic nitrogens is 2. The van der Waals surface area contributed by atoms with Crippen LogP contribution in [0.4, 0.5) is 19.4 Å². The number of carbonyl (C=O) groups excluding carboxylic acids is 1. The van der Waals surface area contributed by atoms with E-state index in [2.05, 4.69) is 20.8 Å². The maximum atomic E-state index is 14.1. The Balaban J connectivity index is 1.27. The molecule has 0 spiro atoms. The van der Waals surface area contributed by atoms with Crippen LogP contribution in [0.1, 0.15) is 35.9 Å². The fourth-order valence-corrected chi connectivity index (χ4v) is 3.67. The third-order valence-corrected chi connectivity index (χ3v) is 5.17. The van der Waals surface area contributed by atoms with E-state index in [9.17, 15) is 13.6 Å². The quantitative estimate of drug-likeness (QED) is 0.800. The Kier molecular flexibility index (Phi) is 3.04. The van der Waals surface area contributed by atoms with E-state index in [1.807, 2.05) is 6.07 Å². The predicted octanol–water partition coefficient (Wildman–Crippen LogP) is 2.86. The second kappa shape index (κ2) is 5.18. The van der Waals surface area contributed by atoms with Crippen molar-refractivity contribution in [2.45, 2.75) is 30.7 Å². The van der Waals surface area contributed by atoms with Crippen molar-refractivity contribution >= 4 is 11.8 Å². The van der Waals surface area contributed by atoms with Crippen molar-refractivity contribution in [1.82, 2.24) is 15.5 Å². The second-order valence-corrected chi connectivity index (χ2v) is 6.88. The van der Waals surface area contributed by atoms with Crippen LogP contribution in [0.3, 0.4) is 0 Å². The van der Waals surface area contributed by atoms with Gasteiger partial charge in [0.05, 0.1) is 6.61 Å².